The number of benzene rings is 3. The maximum atomic E-state index is 12.1. The zero-order valence-electron chi connectivity index (χ0n) is 14.8. The zero-order valence-corrected chi connectivity index (χ0v) is 14.8. The highest BCUT2D eigenvalue weighted by molar-refractivity contribution is 5.84. The van der Waals surface area contributed by atoms with E-state index in [2.05, 4.69) is 5.32 Å². The molecule has 0 aliphatic heterocycles. The van der Waals surface area contributed by atoms with Crippen LogP contribution in [0.25, 0.3) is 10.8 Å². The number of hydrogen-bond acceptors (Lipinski definition) is 4. The predicted molar refractivity (Wildman–Crippen MR) is 101 cm³/mol. The van der Waals surface area contributed by atoms with E-state index in [1.165, 1.54) is 0 Å². The maximum Gasteiger partial charge on any atom is 0.258 e. The second kappa shape index (κ2) is 8.25. The van der Waals surface area contributed by atoms with Gasteiger partial charge in [-0.3, -0.25) is 4.79 Å². The van der Waals surface area contributed by atoms with Crippen LogP contribution in [0.3, 0.4) is 0 Å². The first-order chi connectivity index (χ1) is 12.7. The quantitative estimate of drug-likeness (QED) is 0.707. The van der Waals surface area contributed by atoms with Gasteiger partial charge in [-0.1, -0.05) is 30.3 Å². The molecule has 0 spiro atoms. The predicted octanol–water partition coefficient (Wildman–Crippen LogP) is 3.55. The van der Waals surface area contributed by atoms with Crippen LogP contribution in [0.5, 0.6) is 17.2 Å². The van der Waals surface area contributed by atoms with Gasteiger partial charge < -0.3 is 19.5 Å². The van der Waals surface area contributed by atoms with Gasteiger partial charge in [0.15, 0.2) is 6.61 Å². The van der Waals surface area contributed by atoms with Gasteiger partial charge in [0, 0.05) is 18.2 Å². The number of fused-ring (bicyclic) bond motifs is 1. The van der Waals surface area contributed by atoms with E-state index >= 15 is 0 Å². The lowest BCUT2D eigenvalue weighted by atomic mass is 10.1. The minimum absolute atomic E-state index is 0.0448. The summed E-state index contributed by atoms with van der Waals surface area (Å²) in [6, 6.07) is 19.3. The standard InChI is InChI=1S/C21H21NO4/c1-24-18-9-8-17(20(12-18)25-2)13-22-21(23)14-26-19-10-7-15-5-3-4-6-16(15)11-19/h3-12H,13-14H2,1-2H3,(H,22,23). The Balaban J connectivity index is 1.55. The third-order valence-electron chi connectivity index (χ3n) is 4.06. The second-order valence-electron chi connectivity index (χ2n) is 5.75. The van der Waals surface area contributed by atoms with Crippen LogP contribution in [0, 0.1) is 0 Å². The first kappa shape index (κ1) is 17.6. The summed E-state index contributed by atoms with van der Waals surface area (Å²) in [5, 5.41) is 5.05. The van der Waals surface area contributed by atoms with Crippen molar-refractivity contribution in [1.82, 2.24) is 5.32 Å². The molecular formula is C21H21NO4. The summed E-state index contributed by atoms with van der Waals surface area (Å²) >= 11 is 0. The van der Waals surface area contributed by atoms with E-state index in [1.54, 1.807) is 20.3 Å². The van der Waals surface area contributed by atoms with Crippen molar-refractivity contribution in [1.29, 1.82) is 0 Å². The summed E-state index contributed by atoms with van der Waals surface area (Å²) in [6.07, 6.45) is 0. The molecule has 0 heterocycles. The Morgan fingerprint density at radius 1 is 0.885 bits per heavy atom. The molecule has 0 aliphatic rings. The Morgan fingerprint density at radius 2 is 1.65 bits per heavy atom. The number of amides is 1. The van der Waals surface area contributed by atoms with Crippen LogP contribution in [0.4, 0.5) is 0 Å². The van der Waals surface area contributed by atoms with E-state index in [9.17, 15) is 4.79 Å². The molecule has 26 heavy (non-hydrogen) atoms. The molecule has 0 saturated heterocycles. The molecule has 3 aromatic carbocycles. The number of ether oxygens (including phenoxy) is 3. The molecule has 0 fully saturated rings. The highest BCUT2D eigenvalue weighted by atomic mass is 16.5. The van der Waals surface area contributed by atoms with Gasteiger partial charge in [0.1, 0.15) is 17.2 Å². The minimum Gasteiger partial charge on any atom is -0.497 e. The Morgan fingerprint density at radius 3 is 2.42 bits per heavy atom. The van der Waals surface area contributed by atoms with Gasteiger partial charge in [0.05, 0.1) is 14.2 Å². The third kappa shape index (κ3) is 4.25. The fourth-order valence-electron chi connectivity index (χ4n) is 2.65. The van der Waals surface area contributed by atoms with Gasteiger partial charge in [-0.2, -0.15) is 0 Å². The van der Waals surface area contributed by atoms with E-state index in [0.717, 1.165) is 16.3 Å². The smallest absolute Gasteiger partial charge is 0.258 e. The highest BCUT2D eigenvalue weighted by Crippen LogP contribution is 2.24. The molecule has 134 valence electrons. The summed E-state index contributed by atoms with van der Waals surface area (Å²) in [7, 11) is 3.18. The third-order valence-corrected chi connectivity index (χ3v) is 4.06. The topological polar surface area (TPSA) is 56.8 Å². The molecular weight excluding hydrogens is 330 g/mol. The highest BCUT2D eigenvalue weighted by Gasteiger charge is 2.08. The minimum atomic E-state index is -0.198. The molecule has 0 aliphatic carbocycles. The van der Waals surface area contributed by atoms with Gasteiger partial charge in [-0.15, -0.1) is 0 Å². The maximum absolute atomic E-state index is 12.1. The summed E-state index contributed by atoms with van der Waals surface area (Å²) in [6.45, 7) is 0.309. The van der Waals surface area contributed by atoms with Gasteiger partial charge in [0.2, 0.25) is 0 Å². The van der Waals surface area contributed by atoms with Crippen molar-refractivity contribution in [3.8, 4) is 17.2 Å². The van der Waals surface area contributed by atoms with Crippen LogP contribution in [0.15, 0.2) is 60.7 Å². The van der Waals surface area contributed by atoms with E-state index in [1.807, 2.05) is 54.6 Å². The van der Waals surface area contributed by atoms with Gasteiger partial charge >= 0.3 is 0 Å². The summed E-state index contributed by atoms with van der Waals surface area (Å²) in [4.78, 5) is 12.1. The molecule has 0 atom stereocenters. The Kier molecular flexibility index (Phi) is 5.59. The Hall–Kier alpha value is -3.21. The summed E-state index contributed by atoms with van der Waals surface area (Å²) in [5.41, 5.74) is 0.868. The Labute approximate surface area is 152 Å². The normalized spacial score (nSPS) is 10.4. The van der Waals surface area contributed by atoms with Crippen molar-refractivity contribution < 1.29 is 19.0 Å². The monoisotopic (exact) mass is 351 g/mol. The van der Waals surface area contributed by atoms with Crippen LogP contribution in [0.2, 0.25) is 0 Å². The molecule has 0 unspecified atom stereocenters. The number of nitrogens with one attached hydrogen (secondary N) is 1. The average molecular weight is 351 g/mol. The van der Waals surface area contributed by atoms with Gasteiger partial charge in [-0.05, 0) is 35.0 Å². The number of rotatable bonds is 7. The van der Waals surface area contributed by atoms with E-state index in [0.29, 0.717) is 23.8 Å². The van der Waals surface area contributed by atoms with Crippen LogP contribution >= 0.6 is 0 Å². The van der Waals surface area contributed by atoms with E-state index in [-0.39, 0.29) is 12.5 Å². The molecule has 1 amide bonds. The molecule has 3 rings (SSSR count). The first-order valence-corrected chi connectivity index (χ1v) is 8.29. The van der Waals surface area contributed by atoms with Crippen LogP contribution in [-0.2, 0) is 11.3 Å². The largest absolute Gasteiger partial charge is 0.497 e. The second-order valence-corrected chi connectivity index (χ2v) is 5.75. The van der Waals surface area contributed by atoms with E-state index < -0.39 is 0 Å². The molecule has 1 N–H and O–H groups in total. The molecule has 5 heteroatoms. The summed E-state index contributed by atoms with van der Waals surface area (Å²) < 4.78 is 16.1. The number of carbonyl (C=O) groups is 1. The molecule has 0 aromatic heterocycles. The lowest BCUT2D eigenvalue weighted by molar-refractivity contribution is -0.123. The van der Waals surface area contributed by atoms with Crippen LogP contribution < -0.4 is 19.5 Å². The first-order valence-electron chi connectivity index (χ1n) is 8.29. The van der Waals surface area contributed by atoms with Crippen LogP contribution in [0.1, 0.15) is 5.56 Å². The number of methoxy groups -OCH3 is 2. The van der Waals surface area contributed by atoms with Crippen molar-refractivity contribution in [3.63, 3.8) is 0 Å². The lowest BCUT2D eigenvalue weighted by Gasteiger charge is -2.12. The fourth-order valence-corrected chi connectivity index (χ4v) is 2.65. The van der Waals surface area contributed by atoms with Crippen molar-refractivity contribution in [2.24, 2.45) is 0 Å². The lowest BCUT2D eigenvalue weighted by Crippen LogP contribution is -2.28. The van der Waals surface area contributed by atoms with Crippen molar-refractivity contribution in [3.05, 3.63) is 66.2 Å². The molecule has 0 radical (unpaired) electrons. The Bertz CT molecular complexity index is 907. The van der Waals surface area contributed by atoms with Crippen molar-refractivity contribution >= 4 is 16.7 Å². The van der Waals surface area contributed by atoms with E-state index in [4.69, 9.17) is 14.2 Å². The van der Waals surface area contributed by atoms with Gasteiger partial charge in [-0.25, -0.2) is 0 Å². The molecule has 0 saturated carbocycles. The SMILES string of the molecule is COc1ccc(CNC(=O)COc2ccc3ccccc3c2)c(OC)c1. The van der Waals surface area contributed by atoms with Crippen LogP contribution in [-0.4, -0.2) is 26.7 Å². The molecule has 0 bridgehead atoms. The molecule has 3 aromatic rings. The molecule has 5 nitrogen and oxygen atoms in total. The fraction of sp³-hybridized carbons (Fsp3) is 0.190. The van der Waals surface area contributed by atoms with Crippen molar-refractivity contribution in [2.75, 3.05) is 20.8 Å². The van der Waals surface area contributed by atoms with Gasteiger partial charge in [0.25, 0.3) is 5.91 Å². The zero-order chi connectivity index (χ0) is 18.4. The summed E-state index contributed by atoms with van der Waals surface area (Å²) in [5.74, 6) is 1.84. The number of carbonyl (C=O) groups excluding carboxylic acids is 1. The van der Waals surface area contributed by atoms with Crippen molar-refractivity contribution in [2.45, 2.75) is 6.54 Å². The number of hydrogen-bond donors (Lipinski definition) is 1. The average Bonchev–Trinajstić information content (AvgIpc) is 2.70.